The van der Waals surface area contributed by atoms with E-state index in [-0.39, 0.29) is 0 Å². The molecule has 1 saturated heterocycles. The molecule has 1 heteroatoms. The quantitative estimate of drug-likeness (QED) is 0.558. The van der Waals surface area contributed by atoms with Gasteiger partial charge in [-0.05, 0) is 37.5 Å². The predicted octanol–water partition coefficient (Wildman–Crippen LogP) is 3.63. The summed E-state index contributed by atoms with van der Waals surface area (Å²) in [6, 6.07) is 0. The lowest BCUT2D eigenvalue weighted by atomic mass is 9.76. The van der Waals surface area contributed by atoms with Gasteiger partial charge in [0.1, 0.15) is 0 Å². The van der Waals surface area contributed by atoms with Crippen LogP contribution in [-0.2, 0) is 4.74 Å². The molecular weight excluding hydrogens is 160 g/mol. The van der Waals surface area contributed by atoms with Crippen molar-refractivity contribution in [2.75, 3.05) is 6.61 Å². The van der Waals surface area contributed by atoms with Gasteiger partial charge >= 0.3 is 0 Å². The molecule has 1 aliphatic carbocycles. The molecule has 0 bridgehead atoms. The predicted molar refractivity (Wildman–Crippen MR) is 56.8 cm³/mol. The van der Waals surface area contributed by atoms with Crippen molar-refractivity contribution in [3.63, 3.8) is 0 Å². The highest BCUT2D eigenvalue weighted by atomic mass is 16.5. The Kier molecular flexibility index (Phi) is 4.79. The molecule has 1 nitrogen and oxygen atoms in total. The highest BCUT2D eigenvalue weighted by Gasteiger charge is 2.33. The molecule has 1 aliphatic heterocycles. The van der Waals surface area contributed by atoms with E-state index in [1.165, 1.54) is 32.1 Å². The molecule has 0 aromatic rings. The molecule has 2 fully saturated rings. The second-order valence-electron chi connectivity index (χ2n) is 4.15. The first-order valence-corrected chi connectivity index (χ1v) is 5.99. The van der Waals surface area contributed by atoms with Gasteiger partial charge in [-0.3, -0.25) is 0 Å². The number of fused-ring (bicyclic) bond motifs is 1. The third-order valence-corrected chi connectivity index (χ3v) is 3.29. The normalized spacial score (nSPS) is 38.5. The number of hydrogen-bond acceptors (Lipinski definition) is 1. The standard InChI is InChI=1S/C10H18O.C2H6/c1-8-4-2-5-9-6-3-7-11-10(8)9;1-2/h8-10H,2-7H2,1H3;1-2H3. The Morgan fingerprint density at radius 3 is 2.38 bits per heavy atom. The highest BCUT2D eigenvalue weighted by Crippen LogP contribution is 2.36. The van der Waals surface area contributed by atoms with Gasteiger partial charge in [-0.1, -0.05) is 27.2 Å². The minimum Gasteiger partial charge on any atom is -0.378 e. The zero-order valence-electron chi connectivity index (χ0n) is 9.38. The molecule has 0 radical (unpaired) electrons. The topological polar surface area (TPSA) is 9.23 Å². The Hall–Kier alpha value is -0.0400. The molecule has 3 atom stereocenters. The van der Waals surface area contributed by atoms with Crippen molar-refractivity contribution >= 4 is 0 Å². The highest BCUT2D eigenvalue weighted by molar-refractivity contribution is 4.83. The zero-order chi connectivity index (χ0) is 9.68. The first kappa shape index (κ1) is 11.0. The SMILES string of the molecule is CC.CC1CCCC2CCCOC12. The van der Waals surface area contributed by atoms with Gasteiger partial charge in [-0.25, -0.2) is 0 Å². The summed E-state index contributed by atoms with van der Waals surface area (Å²) >= 11 is 0. The molecule has 0 aromatic heterocycles. The first-order valence-electron chi connectivity index (χ1n) is 5.99. The van der Waals surface area contributed by atoms with Crippen LogP contribution in [0.4, 0.5) is 0 Å². The smallest absolute Gasteiger partial charge is 0.0628 e. The number of hydrogen-bond donors (Lipinski definition) is 0. The average Bonchev–Trinajstić information content (AvgIpc) is 2.22. The maximum atomic E-state index is 5.79. The van der Waals surface area contributed by atoms with E-state index in [2.05, 4.69) is 6.92 Å². The molecule has 0 amide bonds. The maximum Gasteiger partial charge on any atom is 0.0628 e. The van der Waals surface area contributed by atoms with Crippen LogP contribution in [-0.4, -0.2) is 12.7 Å². The van der Waals surface area contributed by atoms with E-state index in [0.717, 1.165) is 18.4 Å². The van der Waals surface area contributed by atoms with Crippen LogP contribution in [0.25, 0.3) is 0 Å². The van der Waals surface area contributed by atoms with Gasteiger partial charge in [0.2, 0.25) is 0 Å². The van der Waals surface area contributed by atoms with Crippen LogP contribution in [0.1, 0.15) is 52.9 Å². The molecule has 2 aliphatic rings. The van der Waals surface area contributed by atoms with Gasteiger partial charge in [0, 0.05) is 6.61 Å². The molecule has 2 rings (SSSR count). The number of ether oxygens (including phenoxy) is 1. The van der Waals surface area contributed by atoms with Gasteiger partial charge in [-0.15, -0.1) is 0 Å². The molecule has 13 heavy (non-hydrogen) atoms. The maximum absolute atomic E-state index is 5.79. The van der Waals surface area contributed by atoms with Crippen molar-refractivity contribution in [3.8, 4) is 0 Å². The van der Waals surface area contributed by atoms with E-state index in [0.29, 0.717) is 6.10 Å². The van der Waals surface area contributed by atoms with Crippen LogP contribution < -0.4 is 0 Å². The van der Waals surface area contributed by atoms with Crippen LogP contribution in [0.2, 0.25) is 0 Å². The van der Waals surface area contributed by atoms with Crippen molar-refractivity contribution < 1.29 is 4.74 Å². The lowest BCUT2D eigenvalue weighted by Crippen LogP contribution is -2.37. The molecule has 1 heterocycles. The van der Waals surface area contributed by atoms with E-state index >= 15 is 0 Å². The molecular formula is C12H24O. The summed E-state index contributed by atoms with van der Waals surface area (Å²) in [4.78, 5) is 0. The lowest BCUT2D eigenvalue weighted by Gasteiger charge is -2.39. The second kappa shape index (κ2) is 5.64. The fraction of sp³-hybridized carbons (Fsp3) is 1.00. The van der Waals surface area contributed by atoms with Crippen LogP contribution >= 0.6 is 0 Å². The third kappa shape index (κ3) is 2.70. The molecule has 1 saturated carbocycles. The molecule has 0 spiro atoms. The van der Waals surface area contributed by atoms with Crippen molar-refractivity contribution in [1.82, 2.24) is 0 Å². The van der Waals surface area contributed by atoms with E-state index < -0.39 is 0 Å². The van der Waals surface area contributed by atoms with E-state index in [1.54, 1.807) is 0 Å². The van der Waals surface area contributed by atoms with Gasteiger partial charge in [0.15, 0.2) is 0 Å². The first-order chi connectivity index (χ1) is 6.38. The molecule has 3 unspecified atom stereocenters. The summed E-state index contributed by atoms with van der Waals surface area (Å²) in [6.07, 6.45) is 7.60. The third-order valence-electron chi connectivity index (χ3n) is 3.29. The van der Waals surface area contributed by atoms with Crippen LogP contribution in [0.3, 0.4) is 0 Å². The van der Waals surface area contributed by atoms with Crippen LogP contribution in [0, 0.1) is 11.8 Å². The van der Waals surface area contributed by atoms with Crippen molar-refractivity contribution in [2.45, 2.75) is 59.0 Å². The Morgan fingerprint density at radius 2 is 1.69 bits per heavy atom. The van der Waals surface area contributed by atoms with Crippen molar-refractivity contribution in [3.05, 3.63) is 0 Å². The monoisotopic (exact) mass is 184 g/mol. The molecule has 0 aromatic carbocycles. The fourth-order valence-electron chi connectivity index (χ4n) is 2.67. The Balaban J connectivity index is 0.000000396. The summed E-state index contributed by atoms with van der Waals surface area (Å²) < 4.78 is 5.79. The van der Waals surface area contributed by atoms with Crippen LogP contribution in [0.5, 0.6) is 0 Å². The van der Waals surface area contributed by atoms with Gasteiger partial charge < -0.3 is 4.74 Å². The van der Waals surface area contributed by atoms with E-state index in [9.17, 15) is 0 Å². The van der Waals surface area contributed by atoms with Crippen molar-refractivity contribution in [2.24, 2.45) is 11.8 Å². The summed E-state index contributed by atoms with van der Waals surface area (Å²) in [7, 11) is 0. The Morgan fingerprint density at radius 1 is 1.00 bits per heavy atom. The minimum atomic E-state index is 0.623. The number of rotatable bonds is 0. The largest absolute Gasteiger partial charge is 0.378 e. The van der Waals surface area contributed by atoms with Crippen molar-refractivity contribution in [1.29, 1.82) is 0 Å². The molecule has 78 valence electrons. The average molecular weight is 184 g/mol. The van der Waals surface area contributed by atoms with E-state index in [4.69, 9.17) is 4.74 Å². The second-order valence-corrected chi connectivity index (χ2v) is 4.15. The fourth-order valence-corrected chi connectivity index (χ4v) is 2.67. The summed E-state index contributed by atoms with van der Waals surface area (Å²) in [5, 5.41) is 0. The lowest BCUT2D eigenvalue weighted by molar-refractivity contribution is -0.0754. The zero-order valence-corrected chi connectivity index (χ0v) is 9.38. The minimum absolute atomic E-state index is 0.623. The van der Waals surface area contributed by atoms with Gasteiger partial charge in [0.25, 0.3) is 0 Å². The Labute approximate surface area is 82.9 Å². The molecule has 0 N–H and O–H groups in total. The van der Waals surface area contributed by atoms with Crippen LogP contribution in [0.15, 0.2) is 0 Å². The van der Waals surface area contributed by atoms with E-state index in [1.807, 2.05) is 13.8 Å². The summed E-state index contributed by atoms with van der Waals surface area (Å²) in [5.74, 6) is 1.74. The summed E-state index contributed by atoms with van der Waals surface area (Å²) in [5.41, 5.74) is 0. The van der Waals surface area contributed by atoms with Gasteiger partial charge in [0.05, 0.1) is 6.10 Å². The Bertz CT molecular complexity index is 131. The summed E-state index contributed by atoms with van der Waals surface area (Å²) in [6.45, 7) is 7.37. The van der Waals surface area contributed by atoms with Gasteiger partial charge in [-0.2, -0.15) is 0 Å².